The molecular formula is C16H17N5O. The summed E-state index contributed by atoms with van der Waals surface area (Å²) in [4.78, 5) is 28.9. The van der Waals surface area contributed by atoms with Crippen LogP contribution < -0.4 is 4.90 Å². The quantitative estimate of drug-likeness (QED) is 0.844. The van der Waals surface area contributed by atoms with E-state index in [2.05, 4.69) is 19.9 Å². The van der Waals surface area contributed by atoms with Crippen molar-refractivity contribution in [3.8, 4) is 0 Å². The van der Waals surface area contributed by atoms with E-state index in [1.54, 1.807) is 12.4 Å². The van der Waals surface area contributed by atoms with Gasteiger partial charge in [-0.3, -0.25) is 14.7 Å². The minimum absolute atomic E-state index is 0.0991. The summed E-state index contributed by atoms with van der Waals surface area (Å²) < 4.78 is 0. The third-order valence-corrected chi connectivity index (χ3v) is 4.53. The molecule has 2 aliphatic rings. The minimum Gasteiger partial charge on any atom is -0.309 e. The lowest BCUT2D eigenvalue weighted by atomic mass is 10.0. The third kappa shape index (κ3) is 2.35. The molecule has 2 aromatic rings. The highest BCUT2D eigenvalue weighted by molar-refractivity contribution is 5.97. The average Bonchev–Trinajstić information content (AvgIpc) is 3.08. The summed E-state index contributed by atoms with van der Waals surface area (Å²) in [6.45, 7) is 3.44. The molecule has 6 heteroatoms. The molecule has 0 bridgehead atoms. The van der Waals surface area contributed by atoms with Gasteiger partial charge in [-0.1, -0.05) is 0 Å². The molecule has 0 N–H and O–H groups in total. The zero-order valence-electron chi connectivity index (χ0n) is 12.2. The number of rotatable bonds is 3. The van der Waals surface area contributed by atoms with Gasteiger partial charge in [0, 0.05) is 44.5 Å². The highest BCUT2D eigenvalue weighted by atomic mass is 16.2. The second-order valence-electron chi connectivity index (χ2n) is 5.96. The lowest BCUT2D eigenvalue weighted by Crippen LogP contribution is -2.32. The fourth-order valence-electron chi connectivity index (χ4n) is 3.49. The number of carbonyl (C=O) groups is 1. The van der Waals surface area contributed by atoms with E-state index in [1.165, 1.54) is 11.9 Å². The number of nitrogens with zero attached hydrogens (tertiary/aromatic N) is 5. The van der Waals surface area contributed by atoms with Crippen molar-refractivity contribution in [3.05, 3.63) is 48.8 Å². The molecule has 2 atom stereocenters. The van der Waals surface area contributed by atoms with Crippen molar-refractivity contribution in [1.82, 2.24) is 19.9 Å². The molecule has 0 aromatic carbocycles. The zero-order valence-corrected chi connectivity index (χ0v) is 12.2. The number of likely N-dealkylation sites (tertiary alicyclic amines) is 1. The highest BCUT2D eigenvalue weighted by Crippen LogP contribution is 2.35. The van der Waals surface area contributed by atoms with Crippen molar-refractivity contribution in [2.45, 2.75) is 6.54 Å². The lowest BCUT2D eigenvalue weighted by Gasteiger charge is -2.21. The number of anilines is 1. The van der Waals surface area contributed by atoms with E-state index >= 15 is 0 Å². The highest BCUT2D eigenvalue weighted by Gasteiger charge is 2.46. The maximum Gasteiger partial charge on any atom is 0.231 e. The zero-order chi connectivity index (χ0) is 14.9. The summed E-state index contributed by atoms with van der Waals surface area (Å²) >= 11 is 0. The Hall–Kier alpha value is -2.34. The molecule has 1 amide bonds. The molecule has 22 heavy (non-hydrogen) atoms. The van der Waals surface area contributed by atoms with E-state index in [0.29, 0.717) is 5.92 Å². The molecule has 112 valence electrons. The Morgan fingerprint density at radius 2 is 1.82 bits per heavy atom. The van der Waals surface area contributed by atoms with Crippen LogP contribution in [0.3, 0.4) is 0 Å². The van der Waals surface area contributed by atoms with Gasteiger partial charge < -0.3 is 4.90 Å². The monoisotopic (exact) mass is 295 g/mol. The summed E-state index contributed by atoms with van der Waals surface area (Å²) in [5, 5.41) is 0. The van der Waals surface area contributed by atoms with Gasteiger partial charge in [-0.15, -0.1) is 0 Å². The summed E-state index contributed by atoms with van der Waals surface area (Å²) in [5.74, 6) is 0.702. The molecule has 2 aromatic heterocycles. The first-order chi connectivity index (χ1) is 10.8. The SMILES string of the molecule is O=C1[C@@H]2CN(Cc3ccncc3)C[C@@H]2CN1c1cncnc1. The Balaban J connectivity index is 1.44. The third-order valence-electron chi connectivity index (χ3n) is 4.53. The van der Waals surface area contributed by atoms with Gasteiger partial charge in [0.2, 0.25) is 5.91 Å². The average molecular weight is 295 g/mol. The van der Waals surface area contributed by atoms with Crippen molar-refractivity contribution in [2.24, 2.45) is 11.8 Å². The van der Waals surface area contributed by atoms with Gasteiger partial charge in [-0.2, -0.15) is 0 Å². The van der Waals surface area contributed by atoms with Crippen LogP contribution in [0.15, 0.2) is 43.2 Å². The first-order valence-corrected chi connectivity index (χ1v) is 7.49. The number of fused-ring (bicyclic) bond motifs is 1. The van der Waals surface area contributed by atoms with Gasteiger partial charge >= 0.3 is 0 Å². The Labute approximate surface area is 128 Å². The van der Waals surface area contributed by atoms with E-state index in [9.17, 15) is 4.79 Å². The number of hydrogen-bond donors (Lipinski definition) is 0. The fourth-order valence-corrected chi connectivity index (χ4v) is 3.49. The molecule has 0 spiro atoms. The Kier molecular flexibility index (Phi) is 3.31. The van der Waals surface area contributed by atoms with E-state index < -0.39 is 0 Å². The van der Waals surface area contributed by atoms with Crippen LogP contribution in [0, 0.1) is 11.8 Å². The molecule has 2 aliphatic heterocycles. The first kappa shape index (κ1) is 13.3. The summed E-state index contributed by atoms with van der Waals surface area (Å²) in [6, 6.07) is 4.06. The normalized spacial score (nSPS) is 24.7. The van der Waals surface area contributed by atoms with Crippen LogP contribution in [0.1, 0.15) is 5.56 Å². The van der Waals surface area contributed by atoms with Crippen molar-refractivity contribution in [3.63, 3.8) is 0 Å². The van der Waals surface area contributed by atoms with Gasteiger partial charge in [0.15, 0.2) is 0 Å². The van der Waals surface area contributed by atoms with Crippen LogP contribution in [-0.2, 0) is 11.3 Å². The molecule has 0 aliphatic carbocycles. The molecule has 2 saturated heterocycles. The number of hydrogen-bond acceptors (Lipinski definition) is 5. The molecule has 0 radical (unpaired) electrons. The molecule has 0 saturated carbocycles. The van der Waals surface area contributed by atoms with E-state index in [1.807, 2.05) is 29.4 Å². The minimum atomic E-state index is 0.0991. The van der Waals surface area contributed by atoms with Crippen LogP contribution in [0.2, 0.25) is 0 Å². The molecule has 2 fully saturated rings. The van der Waals surface area contributed by atoms with E-state index in [4.69, 9.17) is 0 Å². The summed E-state index contributed by atoms with van der Waals surface area (Å²) in [6.07, 6.45) is 8.53. The van der Waals surface area contributed by atoms with Crippen molar-refractivity contribution in [1.29, 1.82) is 0 Å². The number of carbonyl (C=O) groups excluding carboxylic acids is 1. The van der Waals surface area contributed by atoms with Gasteiger partial charge in [0.05, 0.1) is 24.0 Å². The van der Waals surface area contributed by atoms with Crippen molar-refractivity contribution in [2.75, 3.05) is 24.5 Å². The molecular weight excluding hydrogens is 278 g/mol. The van der Waals surface area contributed by atoms with Gasteiger partial charge in [-0.05, 0) is 17.7 Å². The van der Waals surface area contributed by atoms with Crippen LogP contribution >= 0.6 is 0 Å². The largest absolute Gasteiger partial charge is 0.309 e. The molecule has 4 rings (SSSR count). The number of pyridine rings is 1. The lowest BCUT2D eigenvalue weighted by molar-refractivity contribution is -0.120. The van der Waals surface area contributed by atoms with Crippen LogP contribution in [0.25, 0.3) is 0 Å². The predicted molar refractivity (Wildman–Crippen MR) is 80.9 cm³/mol. The summed E-state index contributed by atoms with van der Waals surface area (Å²) in [7, 11) is 0. The standard InChI is InChI=1S/C16H17N5O/c22-16-15-10-20(7-12-1-3-17-4-2-12)8-13(15)9-21(16)14-5-18-11-19-6-14/h1-6,11,13,15H,7-10H2/t13-,15-/m1/s1. The number of amides is 1. The smallest absolute Gasteiger partial charge is 0.231 e. The van der Waals surface area contributed by atoms with Crippen LogP contribution in [0.4, 0.5) is 5.69 Å². The van der Waals surface area contributed by atoms with Gasteiger partial charge in [0.1, 0.15) is 6.33 Å². The second kappa shape index (κ2) is 5.46. The molecule has 4 heterocycles. The molecule has 6 nitrogen and oxygen atoms in total. The second-order valence-corrected chi connectivity index (χ2v) is 5.96. The Bertz CT molecular complexity index is 663. The van der Waals surface area contributed by atoms with Crippen molar-refractivity contribution < 1.29 is 4.79 Å². The van der Waals surface area contributed by atoms with Gasteiger partial charge in [0.25, 0.3) is 0 Å². The van der Waals surface area contributed by atoms with E-state index in [0.717, 1.165) is 31.9 Å². The fraction of sp³-hybridized carbons (Fsp3) is 0.375. The van der Waals surface area contributed by atoms with Gasteiger partial charge in [-0.25, -0.2) is 9.97 Å². The van der Waals surface area contributed by atoms with E-state index in [-0.39, 0.29) is 11.8 Å². The topological polar surface area (TPSA) is 62.2 Å². The predicted octanol–water partition coefficient (Wildman–Crippen LogP) is 0.966. The maximum atomic E-state index is 12.6. The van der Waals surface area contributed by atoms with Crippen molar-refractivity contribution >= 4 is 11.6 Å². The van der Waals surface area contributed by atoms with Crippen LogP contribution in [0.5, 0.6) is 0 Å². The summed E-state index contributed by atoms with van der Waals surface area (Å²) in [5.41, 5.74) is 2.05. The maximum absolute atomic E-state index is 12.6. The molecule has 0 unspecified atom stereocenters. The Morgan fingerprint density at radius 3 is 2.55 bits per heavy atom. The number of aromatic nitrogens is 3. The first-order valence-electron chi connectivity index (χ1n) is 7.49. The Morgan fingerprint density at radius 1 is 1.05 bits per heavy atom. The van der Waals surface area contributed by atoms with Crippen LogP contribution in [-0.4, -0.2) is 45.4 Å².